The lowest BCUT2D eigenvalue weighted by atomic mass is 9.80. The van der Waals surface area contributed by atoms with E-state index in [9.17, 15) is 9.59 Å². The van der Waals surface area contributed by atoms with E-state index in [0.29, 0.717) is 12.8 Å². The van der Waals surface area contributed by atoms with Crippen LogP contribution in [0.15, 0.2) is 12.2 Å². The Labute approximate surface area is 137 Å². The Kier molecular flexibility index (Phi) is 7.05. The van der Waals surface area contributed by atoms with E-state index in [1.54, 1.807) is 0 Å². The molecule has 2 N–H and O–H groups in total. The third kappa shape index (κ3) is 4.54. The minimum atomic E-state index is -0.382. The number of rotatable bonds is 6. The first-order valence-corrected chi connectivity index (χ1v) is 8.63. The lowest BCUT2D eigenvalue weighted by Gasteiger charge is -2.36. The zero-order valence-corrected chi connectivity index (χ0v) is 13.7. The number of piperidine rings is 1. The summed E-state index contributed by atoms with van der Waals surface area (Å²) in [6.07, 6.45) is 8.32. The Bertz CT molecular complexity index is 426. The number of likely N-dealkylation sites (tertiary alicyclic amines) is 1. The monoisotopic (exact) mass is 324 g/mol. The Hall–Kier alpha value is -1.40. The number of carbonyl (C=O) groups excluding carboxylic acids is 2. The van der Waals surface area contributed by atoms with Crippen LogP contribution in [-0.2, 0) is 9.59 Å². The minimum absolute atomic E-state index is 0.0837. The van der Waals surface area contributed by atoms with Gasteiger partial charge in [-0.1, -0.05) is 12.2 Å². The van der Waals surface area contributed by atoms with Crippen molar-refractivity contribution in [3.05, 3.63) is 12.2 Å². The fourth-order valence-corrected chi connectivity index (χ4v) is 3.52. The van der Waals surface area contributed by atoms with Crippen LogP contribution in [-0.4, -0.2) is 71.2 Å². The Morgan fingerprint density at radius 2 is 1.52 bits per heavy atom. The standard InChI is InChI=1S/C17H28N2O4/c20-12-10-19(11-13-21)17(23)15-7-3-2-6-14(15)16(22)18-8-4-1-5-9-18/h2-3,14-15,20-21H,1,4-13H2. The lowest BCUT2D eigenvalue weighted by molar-refractivity contribution is -0.147. The van der Waals surface area contributed by atoms with E-state index >= 15 is 0 Å². The predicted molar refractivity (Wildman–Crippen MR) is 86.5 cm³/mol. The van der Waals surface area contributed by atoms with E-state index < -0.39 is 0 Å². The van der Waals surface area contributed by atoms with Crippen LogP contribution >= 0.6 is 0 Å². The van der Waals surface area contributed by atoms with Gasteiger partial charge in [0.1, 0.15) is 0 Å². The molecule has 0 aromatic carbocycles. The molecule has 0 aromatic heterocycles. The summed E-state index contributed by atoms with van der Waals surface area (Å²) in [7, 11) is 0. The Balaban J connectivity index is 2.09. The van der Waals surface area contributed by atoms with Gasteiger partial charge >= 0.3 is 0 Å². The smallest absolute Gasteiger partial charge is 0.226 e. The van der Waals surface area contributed by atoms with Crippen molar-refractivity contribution in [2.45, 2.75) is 32.1 Å². The normalized spacial score (nSPS) is 24.5. The maximum absolute atomic E-state index is 12.8. The number of hydrogen-bond donors (Lipinski definition) is 2. The average Bonchev–Trinajstić information content (AvgIpc) is 2.61. The van der Waals surface area contributed by atoms with Crippen molar-refractivity contribution in [1.82, 2.24) is 9.80 Å². The zero-order valence-electron chi connectivity index (χ0n) is 13.7. The zero-order chi connectivity index (χ0) is 16.7. The van der Waals surface area contributed by atoms with Gasteiger partial charge in [-0.2, -0.15) is 0 Å². The van der Waals surface area contributed by atoms with Gasteiger partial charge in [0.25, 0.3) is 0 Å². The summed E-state index contributed by atoms with van der Waals surface area (Å²) >= 11 is 0. The number of amides is 2. The van der Waals surface area contributed by atoms with Gasteiger partial charge in [-0.25, -0.2) is 0 Å². The number of hydrogen-bond acceptors (Lipinski definition) is 4. The quantitative estimate of drug-likeness (QED) is 0.693. The molecule has 2 aliphatic rings. The van der Waals surface area contributed by atoms with Gasteiger partial charge in [-0.05, 0) is 32.1 Å². The highest BCUT2D eigenvalue weighted by Crippen LogP contribution is 2.30. The molecule has 1 saturated heterocycles. The van der Waals surface area contributed by atoms with Gasteiger partial charge < -0.3 is 20.0 Å². The molecule has 0 bridgehead atoms. The number of carbonyl (C=O) groups is 2. The molecule has 2 amide bonds. The van der Waals surface area contributed by atoms with E-state index in [1.807, 2.05) is 17.1 Å². The second-order valence-electron chi connectivity index (χ2n) is 6.31. The van der Waals surface area contributed by atoms with Gasteiger partial charge in [0, 0.05) is 26.2 Å². The molecular formula is C17H28N2O4. The molecular weight excluding hydrogens is 296 g/mol. The van der Waals surface area contributed by atoms with Gasteiger partial charge in [-0.15, -0.1) is 0 Å². The first kappa shape index (κ1) is 17.9. The molecule has 0 radical (unpaired) electrons. The Morgan fingerprint density at radius 3 is 2.09 bits per heavy atom. The molecule has 2 rings (SSSR count). The van der Waals surface area contributed by atoms with Crippen molar-refractivity contribution in [3.63, 3.8) is 0 Å². The minimum Gasteiger partial charge on any atom is -0.395 e. The highest BCUT2D eigenvalue weighted by atomic mass is 16.3. The van der Waals surface area contributed by atoms with E-state index in [4.69, 9.17) is 10.2 Å². The molecule has 1 fully saturated rings. The highest BCUT2D eigenvalue weighted by molar-refractivity contribution is 5.88. The fraction of sp³-hybridized carbons (Fsp3) is 0.765. The maximum Gasteiger partial charge on any atom is 0.226 e. The molecule has 0 saturated carbocycles. The first-order chi connectivity index (χ1) is 11.2. The molecule has 6 nitrogen and oxygen atoms in total. The molecule has 130 valence electrons. The summed E-state index contributed by atoms with van der Waals surface area (Å²) in [5.74, 6) is -0.744. The highest BCUT2D eigenvalue weighted by Gasteiger charge is 2.38. The summed E-state index contributed by atoms with van der Waals surface area (Å²) in [5.41, 5.74) is 0. The van der Waals surface area contributed by atoms with Crippen LogP contribution in [0.3, 0.4) is 0 Å². The molecule has 23 heavy (non-hydrogen) atoms. The van der Waals surface area contributed by atoms with Crippen LogP contribution in [0.1, 0.15) is 32.1 Å². The van der Waals surface area contributed by atoms with Gasteiger partial charge in [0.2, 0.25) is 11.8 Å². The number of aliphatic hydroxyl groups is 2. The molecule has 2 atom stereocenters. The first-order valence-electron chi connectivity index (χ1n) is 8.63. The van der Waals surface area contributed by atoms with Crippen LogP contribution in [0.4, 0.5) is 0 Å². The van der Waals surface area contributed by atoms with E-state index in [-0.39, 0.29) is 50.0 Å². The number of nitrogens with zero attached hydrogens (tertiary/aromatic N) is 2. The predicted octanol–water partition coefficient (Wildman–Crippen LogP) is 0.394. The largest absolute Gasteiger partial charge is 0.395 e. The lowest BCUT2D eigenvalue weighted by Crippen LogP contribution is -2.48. The van der Waals surface area contributed by atoms with Gasteiger partial charge in [-0.3, -0.25) is 9.59 Å². The maximum atomic E-state index is 12.8. The van der Waals surface area contributed by atoms with Crippen molar-refractivity contribution in [2.75, 3.05) is 39.4 Å². The second kappa shape index (κ2) is 9.03. The van der Waals surface area contributed by atoms with E-state index in [1.165, 1.54) is 4.90 Å². The third-order valence-corrected chi connectivity index (χ3v) is 4.79. The summed E-state index contributed by atoms with van der Waals surface area (Å²) in [5, 5.41) is 18.2. The summed E-state index contributed by atoms with van der Waals surface area (Å²) < 4.78 is 0. The molecule has 2 unspecified atom stereocenters. The molecule has 0 aromatic rings. The third-order valence-electron chi connectivity index (χ3n) is 4.79. The summed E-state index contributed by atoms with van der Waals surface area (Å²) in [4.78, 5) is 29.0. The SMILES string of the molecule is O=C(C1CC=CCC1C(=O)N1CCCCC1)N(CCO)CCO. The molecule has 1 aliphatic carbocycles. The fourth-order valence-electron chi connectivity index (χ4n) is 3.52. The van der Waals surface area contributed by atoms with E-state index in [2.05, 4.69) is 0 Å². The van der Waals surface area contributed by atoms with Gasteiger partial charge in [0.05, 0.1) is 25.0 Å². The van der Waals surface area contributed by atoms with Crippen molar-refractivity contribution >= 4 is 11.8 Å². The van der Waals surface area contributed by atoms with Crippen LogP contribution in [0.5, 0.6) is 0 Å². The number of allylic oxidation sites excluding steroid dienone is 2. The van der Waals surface area contributed by atoms with Crippen LogP contribution < -0.4 is 0 Å². The average molecular weight is 324 g/mol. The summed E-state index contributed by atoms with van der Waals surface area (Å²) in [6.45, 7) is 1.69. The van der Waals surface area contributed by atoms with Crippen LogP contribution in [0.25, 0.3) is 0 Å². The number of aliphatic hydroxyl groups excluding tert-OH is 2. The van der Waals surface area contributed by atoms with Crippen LogP contribution in [0, 0.1) is 11.8 Å². The Morgan fingerprint density at radius 1 is 0.957 bits per heavy atom. The van der Waals surface area contributed by atoms with Crippen molar-refractivity contribution < 1.29 is 19.8 Å². The molecule has 6 heteroatoms. The van der Waals surface area contributed by atoms with Crippen molar-refractivity contribution in [3.8, 4) is 0 Å². The molecule has 0 spiro atoms. The van der Waals surface area contributed by atoms with E-state index in [0.717, 1.165) is 32.4 Å². The van der Waals surface area contributed by atoms with Crippen LogP contribution in [0.2, 0.25) is 0 Å². The van der Waals surface area contributed by atoms with Crippen molar-refractivity contribution in [1.29, 1.82) is 0 Å². The molecule has 1 aliphatic heterocycles. The van der Waals surface area contributed by atoms with Gasteiger partial charge in [0.15, 0.2) is 0 Å². The van der Waals surface area contributed by atoms with Crippen molar-refractivity contribution in [2.24, 2.45) is 11.8 Å². The summed E-state index contributed by atoms with van der Waals surface area (Å²) in [6, 6.07) is 0. The second-order valence-corrected chi connectivity index (χ2v) is 6.31. The molecule has 1 heterocycles. The topological polar surface area (TPSA) is 81.1 Å².